The molecule has 0 saturated carbocycles. The van der Waals surface area contributed by atoms with Crippen LogP contribution in [-0.2, 0) is 0 Å². The number of hydrogen-bond acceptors (Lipinski definition) is 5. The van der Waals surface area contributed by atoms with Crippen LogP contribution in [0.15, 0.2) is 59.6 Å². The van der Waals surface area contributed by atoms with Crippen LogP contribution in [0.5, 0.6) is 5.75 Å². The maximum atomic E-state index is 13.1. The number of ether oxygens (including phenoxy) is 1. The molecule has 0 aliphatic carbocycles. The molecule has 2 aromatic carbocycles. The van der Waals surface area contributed by atoms with E-state index in [0.29, 0.717) is 29.2 Å². The highest BCUT2D eigenvalue weighted by molar-refractivity contribution is 7.99. The quantitative estimate of drug-likeness (QED) is 0.580. The van der Waals surface area contributed by atoms with Crippen LogP contribution < -0.4 is 20.3 Å². The molecule has 8 heteroatoms. The van der Waals surface area contributed by atoms with Crippen molar-refractivity contribution < 1.29 is 14.3 Å². The van der Waals surface area contributed by atoms with E-state index in [0.717, 1.165) is 27.7 Å². The van der Waals surface area contributed by atoms with E-state index in [4.69, 9.17) is 4.74 Å². The molecular weight excluding hydrogens is 424 g/mol. The molecule has 0 radical (unpaired) electrons. The highest BCUT2D eigenvalue weighted by Gasteiger charge is 2.26. The number of thioether (sulfide) groups is 1. The van der Waals surface area contributed by atoms with Crippen molar-refractivity contribution in [3.63, 3.8) is 0 Å². The van der Waals surface area contributed by atoms with Crippen LogP contribution in [0.1, 0.15) is 21.6 Å². The van der Waals surface area contributed by atoms with Gasteiger partial charge >= 0.3 is 6.03 Å². The number of pyridine rings is 1. The Labute approximate surface area is 191 Å². The Morgan fingerprint density at radius 3 is 2.69 bits per heavy atom. The van der Waals surface area contributed by atoms with Gasteiger partial charge in [-0.3, -0.25) is 9.69 Å². The Hall–Kier alpha value is -3.52. The SMILES string of the molecule is COc1ccccc1NC(=O)c1cccc(NC(=O)N2CCSc3nc(C)cc(C)c32)c1. The number of benzene rings is 2. The van der Waals surface area contributed by atoms with Gasteiger partial charge in [-0.05, 0) is 55.8 Å². The molecule has 0 spiro atoms. The second kappa shape index (κ2) is 9.32. The van der Waals surface area contributed by atoms with Crippen LogP contribution in [0.4, 0.5) is 21.9 Å². The van der Waals surface area contributed by atoms with Crippen molar-refractivity contribution in [3.05, 3.63) is 71.4 Å². The zero-order valence-electron chi connectivity index (χ0n) is 18.1. The Morgan fingerprint density at radius 2 is 1.88 bits per heavy atom. The lowest BCUT2D eigenvalue weighted by atomic mass is 10.1. The normalized spacial score (nSPS) is 12.7. The van der Waals surface area contributed by atoms with Gasteiger partial charge in [0.2, 0.25) is 0 Å². The third kappa shape index (κ3) is 4.55. The zero-order valence-corrected chi connectivity index (χ0v) is 19.0. The Bertz CT molecular complexity index is 1180. The van der Waals surface area contributed by atoms with Gasteiger partial charge in [0.15, 0.2) is 0 Å². The molecule has 32 heavy (non-hydrogen) atoms. The molecule has 0 bridgehead atoms. The number of anilines is 3. The van der Waals surface area contributed by atoms with Gasteiger partial charge in [0.25, 0.3) is 5.91 Å². The van der Waals surface area contributed by atoms with E-state index < -0.39 is 0 Å². The van der Waals surface area contributed by atoms with Gasteiger partial charge in [0, 0.05) is 29.2 Å². The average molecular weight is 449 g/mol. The van der Waals surface area contributed by atoms with Gasteiger partial charge in [-0.2, -0.15) is 0 Å². The molecule has 1 aliphatic rings. The summed E-state index contributed by atoms with van der Waals surface area (Å²) in [5.74, 6) is 1.06. The number of nitrogens with zero attached hydrogens (tertiary/aromatic N) is 2. The highest BCUT2D eigenvalue weighted by Crippen LogP contribution is 2.36. The fourth-order valence-corrected chi connectivity index (χ4v) is 4.73. The minimum Gasteiger partial charge on any atom is -0.495 e. The number of hydrogen-bond donors (Lipinski definition) is 2. The molecule has 3 aromatic rings. The summed E-state index contributed by atoms with van der Waals surface area (Å²) in [6.07, 6.45) is 0. The lowest BCUT2D eigenvalue weighted by Gasteiger charge is -2.30. The minimum absolute atomic E-state index is 0.248. The van der Waals surface area contributed by atoms with Gasteiger partial charge in [-0.25, -0.2) is 9.78 Å². The third-order valence-electron chi connectivity index (χ3n) is 5.08. The minimum atomic E-state index is -0.291. The monoisotopic (exact) mass is 448 g/mol. The molecule has 3 amide bonds. The number of carbonyl (C=O) groups excluding carboxylic acids is 2. The molecule has 0 unspecified atom stereocenters. The number of rotatable bonds is 4. The van der Waals surface area contributed by atoms with E-state index in [2.05, 4.69) is 15.6 Å². The van der Waals surface area contributed by atoms with Crippen molar-refractivity contribution in [1.82, 2.24) is 4.98 Å². The lowest BCUT2D eigenvalue weighted by molar-refractivity contribution is 0.102. The molecule has 0 saturated heterocycles. The smallest absolute Gasteiger partial charge is 0.326 e. The summed E-state index contributed by atoms with van der Waals surface area (Å²) in [5, 5.41) is 6.64. The molecular formula is C24H24N4O3S. The van der Waals surface area contributed by atoms with Gasteiger partial charge in [0.05, 0.1) is 18.5 Å². The van der Waals surface area contributed by atoms with Crippen LogP contribution in [0.3, 0.4) is 0 Å². The van der Waals surface area contributed by atoms with Gasteiger partial charge in [-0.1, -0.05) is 18.2 Å². The molecule has 2 N–H and O–H groups in total. The van der Waals surface area contributed by atoms with Gasteiger partial charge in [-0.15, -0.1) is 11.8 Å². The highest BCUT2D eigenvalue weighted by atomic mass is 32.2. The van der Waals surface area contributed by atoms with Gasteiger partial charge in [0.1, 0.15) is 10.8 Å². The topological polar surface area (TPSA) is 83.6 Å². The summed E-state index contributed by atoms with van der Waals surface area (Å²) in [5.41, 5.74) is 4.34. The Balaban J connectivity index is 1.51. The fourth-order valence-electron chi connectivity index (χ4n) is 3.64. The lowest BCUT2D eigenvalue weighted by Crippen LogP contribution is -2.39. The predicted octanol–water partition coefficient (Wildman–Crippen LogP) is 5.10. The van der Waals surface area contributed by atoms with E-state index in [1.807, 2.05) is 32.0 Å². The van der Waals surface area contributed by atoms with Crippen molar-refractivity contribution >= 4 is 40.8 Å². The Morgan fingerprint density at radius 1 is 1.06 bits per heavy atom. The first-order chi connectivity index (χ1) is 15.5. The number of para-hydroxylation sites is 2. The van der Waals surface area contributed by atoms with E-state index in [1.54, 1.807) is 60.2 Å². The summed E-state index contributed by atoms with van der Waals surface area (Å²) in [7, 11) is 1.55. The zero-order chi connectivity index (χ0) is 22.7. The van der Waals surface area contributed by atoms with Crippen molar-refractivity contribution in [2.45, 2.75) is 18.9 Å². The van der Waals surface area contributed by atoms with Crippen molar-refractivity contribution in [2.75, 3.05) is 34.9 Å². The summed E-state index contributed by atoms with van der Waals surface area (Å²) < 4.78 is 5.29. The number of carbonyl (C=O) groups is 2. The standard InChI is InChI=1S/C24H24N4O3S/c1-15-13-16(2)25-23-21(15)28(11-12-32-23)24(30)26-18-8-6-7-17(14-18)22(29)27-19-9-4-5-10-20(19)31-3/h4-10,13-14H,11-12H2,1-3H3,(H,26,30)(H,27,29). The molecule has 4 rings (SSSR count). The number of aryl methyl sites for hydroxylation is 2. The molecule has 0 fully saturated rings. The van der Waals surface area contributed by atoms with Crippen molar-refractivity contribution in [1.29, 1.82) is 0 Å². The maximum Gasteiger partial charge on any atom is 0.326 e. The maximum absolute atomic E-state index is 13.1. The Kier molecular flexibility index (Phi) is 6.32. The molecule has 1 aromatic heterocycles. The van der Waals surface area contributed by atoms with E-state index >= 15 is 0 Å². The average Bonchev–Trinajstić information content (AvgIpc) is 2.79. The van der Waals surface area contributed by atoms with Gasteiger partial charge < -0.3 is 15.4 Å². The number of nitrogens with one attached hydrogen (secondary N) is 2. The van der Waals surface area contributed by atoms with E-state index in [9.17, 15) is 9.59 Å². The molecule has 7 nitrogen and oxygen atoms in total. The van der Waals surface area contributed by atoms with Crippen LogP contribution >= 0.6 is 11.8 Å². The molecule has 164 valence electrons. The summed E-state index contributed by atoms with van der Waals surface area (Å²) in [6, 6.07) is 15.8. The summed E-state index contributed by atoms with van der Waals surface area (Å²) in [6.45, 7) is 4.53. The second-order valence-corrected chi connectivity index (χ2v) is 8.48. The number of fused-ring (bicyclic) bond motifs is 1. The number of amides is 3. The van der Waals surface area contributed by atoms with E-state index in [1.165, 1.54) is 0 Å². The second-order valence-electron chi connectivity index (χ2n) is 7.40. The van der Waals surface area contributed by atoms with Crippen molar-refractivity contribution in [2.24, 2.45) is 0 Å². The summed E-state index contributed by atoms with van der Waals surface area (Å²) in [4.78, 5) is 32.1. The third-order valence-corrected chi connectivity index (χ3v) is 6.02. The fraction of sp³-hybridized carbons (Fsp3) is 0.208. The number of aromatic nitrogens is 1. The predicted molar refractivity (Wildman–Crippen MR) is 128 cm³/mol. The molecule has 0 atom stereocenters. The van der Waals surface area contributed by atoms with Crippen LogP contribution in [-0.4, -0.2) is 36.3 Å². The molecule has 2 heterocycles. The first kappa shape index (κ1) is 21.7. The van der Waals surface area contributed by atoms with E-state index in [-0.39, 0.29) is 11.9 Å². The van der Waals surface area contributed by atoms with Crippen LogP contribution in [0.2, 0.25) is 0 Å². The van der Waals surface area contributed by atoms with Crippen LogP contribution in [0.25, 0.3) is 0 Å². The van der Waals surface area contributed by atoms with Crippen LogP contribution in [0, 0.1) is 13.8 Å². The molecule has 1 aliphatic heterocycles. The summed E-state index contributed by atoms with van der Waals surface area (Å²) >= 11 is 1.66. The number of urea groups is 1. The first-order valence-corrected chi connectivity index (χ1v) is 11.2. The number of methoxy groups -OCH3 is 1. The van der Waals surface area contributed by atoms with Crippen molar-refractivity contribution in [3.8, 4) is 5.75 Å². The first-order valence-electron chi connectivity index (χ1n) is 10.2. The largest absolute Gasteiger partial charge is 0.495 e.